The van der Waals surface area contributed by atoms with Gasteiger partial charge in [0.2, 0.25) is 5.95 Å². The number of rotatable bonds is 12. The van der Waals surface area contributed by atoms with Crippen molar-refractivity contribution >= 4 is 28.5 Å². The van der Waals surface area contributed by atoms with E-state index in [-0.39, 0.29) is 0 Å². The van der Waals surface area contributed by atoms with Gasteiger partial charge in [-0.15, -0.1) is 0 Å². The number of unbranched alkanes of at least 4 members (excludes halogenated alkanes) is 2. The molecule has 0 atom stereocenters. The third-order valence-electron chi connectivity index (χ3n) is 5.40. The topological polar surface area (TPSA) is 87.8 Å². The van der Waals surface area contributed by atoms with E-state index in [1.165, 1.54) is 12.8 Å². The number of aromatic nitrogens is 4. The molecule has 0 unspecified atom stereocenters. The zero-order chi connectivity index (χ0) is 22.9. The van der Waals surface area contributed by atoms with Crippen LogP contribution in [0.1, 0.15) is 50.8 Å². The second-order valence-electron chi connectivity index (χ2n) is 8.08. The Bertz CT molecular complexity index is 1170. The number of aromatic amines is 1. The van der Waals surface area contributed by atoms with Gasteiger partial charge in [-0.3, -0.25) is 5.10 Å². The van der Waals surface area contributed by atoms with Gasteiger partial charge in [0.15, 0.2) is 5.82 Å². The van der Waals surface area contributed by atoms with Gasteiger partial charge in [-0.2, -0.15) is 10.1 Å². The number of nitrogens with one attached hydrogen (secondary N) is 3. The summed E-state index contributed by atoms with van der Waals surface area (Å²) in [7, 11) is 0. The molecule has 2 aromatic carbocycles. The number of benzene rings is 2. The Labute approximate surface area is 195 Å². The third-order valence-corrected chi connectivity index (χ3v) is 5.40. The molecule has 0 spiro atoms. The number of aryl methyl sites for hydroxylation is 1. The number of ether oxygens (including phenoxy) is 1. The first-order valence-electron chi connectivity index (χ1n) is 11.8. The fourth-order valence-electron chi connectivity index (χ4n) is 3.67. The minimum Gasteiger partial charge on any atom is -0.493 e. The first kappa shape index (κ1) is 22.6. The van der Waals surface area contributed by atoms with Crippen LogP contribution >= 0.6 is 0 Å². The van der Waals surface area contributed by atoms with Gasteiger partial charge in [0.25, 0.3) is 0 Å². The lowest BCUT2D eigenvalue weighted by atomic mass is 10.1. The van der Waals surface area contributed by atoms with E-state index in [0.29, 0.717) is 19.1 Å². The standard InChI is InChI=1S/C26H32N6O/c1-3-5-6-12-20-17-24(32-31-20)29-25-21-13-8-9-14-22(21)28-26(30-25)27-18-19-11-7-10-15-23(19)33-16-4-2/h7-11,13-15,17H,3-6,12,16,18H2,1-2H3,(H3,27,28,29,30,31,32). The summed E-state index contributed by atoms with van der Waals surface area (Å²) in [6, 6.07) is 18.1. The van der Waals surface area contributed by atoms with E-state index in [1.54, 1.807) is 0 Å². The smallest absolute Gasteiger partial charge is 0.225 e. The molecular weight excluding hydrogens is 412 g/mol. The van der Waals surface area contributed by atoms with E-state index >= 15 is 0 Å². The molecule has 0 aliphatic heterocycles. The summed E-state index contributed by atoms with van der Waals surface area (Å²) in [6.45, 7) is 5.58. The Hall–Kier alpha value is -3.61. The number of hydrogen-bond donors (Lipinski definition) is 3. The van der Waals surface area contributed by atoms with Crippen molar-refractivity contribution in [1.82, 2.24) is 20.2 Å². The second kappa shape index (κ2) is 11.3. The van der Waals surface area contributed by atoms with Crippen molar-refractivity contribution in [3.05, 3.63) is 65.9 Å². The normalized spacial score (nSPS) is 11.0. The Kier molecular flexibility index (Phi) is 7.74. The average Bonchev–Trinajstić information content (AvgIpc) is 3.29. The van der Waals surface area contributed by atoms with Gasteiger partial charge >= 0.3 is 0 Å². The molecule has 0 bridgehead atoms. The van der Waals surface area contributed by atoms with Crippen LogP contribution in [0.2, 0.25) is 0 Å². The minimum absolute atomic E-state index is 0.556. The van der Waals surface area contributed by atoms with Crippen LogP contribution in [0.15, 0.2) is 54.6 Å². The molecule has 7 heteroatoms. The van der Waals surface area contributed by atoms with Gasteiger partial charge < -0.3 is 15.4 Å². The van der Waals surface area contributed by atoms with Crippen molar-refractivity contribution in [2.24, 2.45) is 0 Å². The van der Waals surface area contributed by atoms with Gasteiger partial charge in [0.1, 0.15) is 11.6 Å². The van der Waals surface area contributed by atoms with E-state index in [4.69, 9.17) is 14.7 Å². The molecule has 0 fully saturated rings. The van der Waals surface area contributed by atoms with Crippen molar-refractivity contribution < 1.29 is 4.74 Å². The van der Waals surface area contributed by atoms with Crippen LogP contribution in [0.25, 0.3) is 10.9 Å². The molecular formula is C26H32N6O. The maximum Gasteiger partial charge on any atom is 0.225 e. The van der Waals surface area contributed by atoms with Crippen molar-refractivity contribution in [3.8, 4) is 5.75 Å². The highest BCUT2D eigenvalue weighted by molar-refractivity contribution is 5.91. The summed E-state index contributed by atoms with van der Waals surface area (Å²) in [4.78, 5) is 9.47. The second-order valence-corrected chi connectivity index (χ2v) is 8.08. The molecule has 2 aromatic heterocycles. The number of para-hydroxylation sites is 2. The molecule has 0 aliphatic rings. The average molecular weight is 445 g/mol. The SMILES string of the molecule is CCCCCc1cc(Nc2nc(NCc3ccccc3OCCC)nc3ccccc23)n[nH]1. The Balaban J connectivity index is 1.53. The lowest BCUT2D eigenvalue weighted by Crippen LogP contribution is -2.08. The molecule has 0 aliphatic carbocycles. The highest BCUT2D eigenvalue weighted by Crippen LogP contribution is 2.26. The molecule has 0 saturated carbocycles. The summed E-state index contributed by atoms with van der Waals surface area (Å²) in [5.41, 5.74) is 3.07. The van der Waals surface area contributed by atoms with Crippen LogP contribution in [-0.2, 0) is 13.0 Å². The molecule has 4 aromatic rings. The van der Waals surface area contributed by atoms with Crippen LogP contribution in [0.5, 0.6) is 5.75 Å². The molecule has 33 heavy (non-hydrogen) atoms. The monoisotopic (exact) mass is 444 g/mol. The van der Waals surface area contributed by atoms with E-state index in [9.17, 15) is 0 Å². The Morgan fingerprint density at radius 1 is 0.939 bits per heavy atom. The zero-order valence-corrected chi connectivity index (χ0v) is 19.4. The molecule has 3 N–H and O–H groups in total. The van der Waals surface area contributed by atoms with Crippen LogP contribution in [0.4, 0.5) is 17.6 Å². The van der Waals surface area contributed by atoms with Crippen molar-refractivity contribution in [2.75, 3.05) is 17.2 Å². The number of nitrogens with zero attached hydrogens (tertiary/aromatic N) is 3. The largest absolute Gasteiger partial charge is 0.493 e. The predicted molar refractivity (Wildman–Crippen MR) is 134 cm³/mol. The molecule has 7 nitrogen and oxygen atoms in total. The molecule has 2 heterocycles. The number of H-pyrrole nitrogens is 1. The summed E-state index contributed by atoms with van der Waals surface area (Å²) < 4.78 is 5.88. The van der Waals surface area contributed by atoms with E-state index in [1.807, 2.05) is 42.5 Å². The molecule has 172 valence electrons. The van der Waals surface area contributed by atoms with Crippen LogP contribution in [0.3, 0.4) is 0 Å². The van der Waals surface area contributed by atoms with E-state index in [2.05, 4.69) is 46.8 Å². The number of fused-ring (bicyclic) bond motifs is 1. The maximum absolute atomic E-state index is 5.88. The molecule has 4 rings (SSSR count). The Morgan fingerprint density at radius 3 is 2.67 bits per heavy atom. The van der Waals surface area contributed by atoms with Crippen molar-refractivity contribution in [2.45, 2.75) is 52.5 Å². The summed E-state index contributed by atoms with van der Waals surface area (Å²) in [6.07, 6.45) is 5.56. The van der Waals surface area contributed by atoms with Gasteiger partial charge in [0.05, 0.1) is 12.1 Å². The molecule has 0 amide bonds. The van der Waals surface area contributed by atoms with Crippen molar-refractivity contribution in [1.29, 1.82) is 0 Å². The molecule has 0 saturated heterocycles. The summed E-state index contributed by atoms with van der Waals surface area (Å²) in [5.74, 6) is 2.93. The molecule has 0 radical (unpaired) electrons. The van der Waals surface area contributed by atoms with Gasteiger partial charge in [-0.05, 0) is 37.5 Å². The van der Waals surface area contributed by atoms with Gasteiger partial charge in [-0.25, -0.2) is 4.98 Å². The maximum atomic E-state index is 5.88. The fraction of sp³-hybridized carbons (Fsp3) is 0.346. The minimum atomic E-state index is 0.556. The number of anilines is 3. The highest BCUT2D eigenvalue weighted by atomic mass is 16.5. The highest BCUT2D eigenvalue weighted by Gasteiger charge is 2.11. The summed E-state index contributed by atoms with van der Waals surface area (Å²) >= 11 is 0. The quantitative estimate of drug-likeness (QED) is 0.225. The lowest BCUT2D eigenvalue weighted by molar-refractivity contribution is 0.314. The number of hydrogen-bond acceptors (Lipinski definition) is 6. The van der Waals surface area contributed by atoms with Crippen LogP contribution in [0, 0.1) is 0 Å². The van der Waals surface area contributed by atoms with Crippen molar-refractivity contribution in [3.63, 3.8) is 0 Å². The van der Waals surface area contributed by atoms with Crippen LogP contribution < -0.4 is 15.4 Å². The van der Waals surface area contributed by atoms with E-state index in [0.717, 1.165) is 58.8 Å². The predicted octanol–water partition coefficient (Wildman–Crippen LogP) is 6.23. The van der Waals surface area contributed by atoms with Gasteiger partial charge in [0, 0.05) is 29.3 Å². The first-order chi connectivity index (χ1) is 16.3. The summed E-state index contributed by atoms with van der Waals surface area (Å²) in [5, 5.41) is 15.3. The lowest BCUT2D eigenvalue weighted by Gasteiger charge is -2.13. The Morgan fingerprint density at radius 2 is 1.79 bits per heavy atom. The first-order valence-corrected chi connectivity index (χ1v) is 11.8. The van der Waals surface area contributed by atoms with Gasteiger partial charge in [-0.1, -0.05) is 57.0 Å². The fourth-order valence-corrected chi connectivity index (χ4v) is 3.67. The zero-order valence-electron chi connectivity index (χ0n) is 19.4. The van der Waals surface area contributed by atoms with Crippen LogP contribution in [-0.4, -0.2) is 26.8 Å². The van der Waals surface area contributed by atoms with E-state index < -0.39 is 0 Å². The third kappa shape index (κ3) is 6.00.